The van der Waals surface area contributed by atoms with Gasteiger partial charge in [-0.3, -0.25) is 0 Å². The lowest BCUT2D eigenvalue weighted by Gasteiger charge is -2.24. The van der Waals surface area contributed by atoms with Crippen LogP contribution in [-0.2, 0) is 36.2 Å². The number of methoxy groups -OCH3 is 1. The highest BCUT2D eigenvalue weighted by Crippen LogP contribution is 2.35. The highest BCUT2D eigenvalue weighted by Gasteiger charge is 2.32. The maximum atomic E-state index is 14.1. The van der Waals surface area contributed by atoms with E-state index in [0.29, 0.717) is 34.4 Å². The van der Waals surface area contributed by atoms with E-state index in [0.717, 1.165) is 15.4 Å². The number of hydrogen-bond donors (Lipinski definition) is 0. The maximum absolute atomic E-state index is 14.1. The summed E-state index contributed by atoms with van der Waals surface area (Å²) in [7, 11) is -2.62. The molecule has 36 heavy (non-hydrogen) atoms. The minimum atomic E-state index is -4.15. The third kappa shape index (κ3) is 6.51. The van der Waals surface area contributed by atoms with Crippen molar-refractivity contribution in [3.63, 3.8) is 0 Å². The van der Waals surface area contributed by atoms with Crippen LogP contribution in [0, 0.1) is 13.8 Å². The van der Waals surface area contributed by atoms with Crippen LogP contribution >= 0.6 is 15.9 Å². The van der Waals surface area contributed by atoms with Crippen molar-refractivity contribution in [1.82, 2.24) is 5.16 Å². The average molecular weight is 585 g/mol. The van der Waals surface area contributed by atoms with Crippen molar-refractivity contribution in [3.8, 4) is 11.1 Å². The lowest BCUT2D eigenvalue weighted by atomic mass is 9.98. The fourth-order valence-electron chi connectivity index (χ4n) is 3.55. The molecule has 1 aromatic heterocycles. The Balaban J connectivity index is 2.11. The second-order valence-corrected chi connectivity index (χ2v) is 10.3. The highest BCUT2D eigenvalue weighted by atomic mass is 79.9. The first-order valence-corrected chi connectivity index (χ1v) is 13.8. The van der Waals surface area contributed by atoms with E-state index in [9.17, 15) is 12.8 Å². The Morgan fingerprint density at radius 1 is 1.06 bits per heavy atom. The van der Waals surface area contributed by atoms with Gasteiger partial charge in [0.15, 0.2) is 5.82 Å². The molecule has 0 aliphatic carbocycles. The van der Waals surface area contributed by atoms with E-state index in [1.54, 1.807) is 38.1 Å². The van der Waals surface area contributed by atoms with Crippen molar-refractivity contribution in [2.75, 3.05) is 44.6 Å². The molecule has 0 bridgehead atoms. The first kappa shape index (κ1) is 28.3. The summed E-state index contributed by atoms with van der Waals surface area (Å²) in [6.45, 7) is 3.17. The zero-order valence-electron chi connectivity index (χ0n) is 20.5. The Hall–Kier alpha value is -2.31. The van der Waals surface area contributed by atoms with Gasteiger partial charge in [0, 0.05) is 23.6 Å². The number of aryl methyl sites for hydroxylation is 1. The SMILES string of the molecule is COCCOCN(c1noc(C)c1C)S(=O)(=O)c1ccccc1-c1ccc(CBr)cc1COCCF. The van der Waals surface area contributed by atoms with E-state index >= 15 is 0 Å². The number of rotatable bonds is 14. The summed E-state index contributed by atoms with van der Waals surface area (Å²) in [5.41, 5.74) is 3.48. The number of halogens is 2. The largest absolute Gasteiger partial charge is 0.382 e. The van der Waals surface area contributed by atoms with E-state index in [1.165, 1.54) is 7.11 Å². The molecule has 0 spiro atoms. The van der Waals surface area contributed by atoms with Gasteiger partial charge in [-0.1, -0.05) is 57.5 Å². The van der Waals surface area contributed by atoms with Crippen LogP contribution in [0.3, 0.4) is 0 Å². The lowest BCUT2D eigenvalue weighted by molar-refractivity contribution is 0.0753. The number of aromatic nitrogens is 1. The summed E-state index contributed by atoms with van der Waals surface area (Å²) < 4.78 is 63.3. The number of nitrogens with zero attached hydrogens (tertiary/aromatic N) is 2. The third-order valence-corrected chi connectivity index (χ3v) is 7.98. The van der Waals surface area contributed by atoms with Crippen molar-refractivity contribution in [2.45, 2.75) is 30.7 Å². The monoisotopic (exact) mass is 584 g/mol. The van der Waals surface area contributed by atoms with Crippen molar-refractivity contribution in [1.29, 1.82) is 0 Å². The number of alkyl halides is 2. The molecule has 0 radical (unpaired) electrons. The molecule has 3 rings (SSSR count). The minimum Gasteiger partial charge on any atom is -0.382 e. The summed E-state index contributed by atoms with van der Waals surface area (Å²) in [6.07, 6.45) is 0. The normalized spacial score (nSPS) is 11.7. The second-order valence-electron chi connectivity index (χ2n) is 7.93. The van der Waals surface area contributed by atoms with Crippen LogP contribution in [0.2, 0.25) is 0 Å². The predicted octanol–water partition coefficient (Wildman–Crippen LogP) is 5.16. The van der Waals surface area contributed by atoms with Crippen LogP contribution in [0.1, 0.15) is 22.5 Å². The van der Waals surface area contributed by atoms with Gasteiger partial charge in [0.1, 0.15) is 19.2 Å². The topological polar surface area (TPSA) is 91.1 Å². The van der Waals surface area contributed by atoms with Crippen LogP contribution < -0.4 is 4.31 Å². The molecule has 0 N–H and O–H groups in total. The minimum absolute atomic E-state index is 0.0463. The fraction of sp³-hybridized carbons (Fsp3) is 0.400. The zero-order chi connectivity index (χ0) is 26.1. The quantitative estimate of drug-likeness (QED) is 0.147. The van der Waals surface area contributed by atoms with Crippen LogP contribution in [0.25, 0.3) is 11.1 Å². The molecule has 0 aliphatic rings. The molecule has 1 heterocycles. The molecular formula is C25H30BrFN2O6S. The van der Waals surface area contributed by atoms with Crippen molar-refractivity contribution < 1.29 is 31.5 Å². The number of sulfonamides is 1. The van der Waals surface area contributed by atoms with Gasteiger partial charge in [-0.2, -0.15) is 0 Å². The maximum Gasteiger partial charge on any atom is 0.268 e. The number of benzene rings is 2. The zero-order valence-corrected chi connectivity index (χ0v) is 22.9. The smallest absolute Gasteiger partial charge is 0.268 e. The second kappa shape index (κ2) is 13.3. The standard InChI is InChI=1S/C25H30BrFN2O6S/c1-18-19(2)35-28-25(18)29(17-34-13-12-32-3)36(30,31)24-7-5-4-6-23(24)22-9-8-20(15-26)14-21(22)16-33-11-10-27/h4-9,14H,10-13,15-17H2,1-3H3. The van der Waals surface area contributed by atoms with Crippen LogP contribution in [-0.4, -0.2) is 53.9 Å². The number of ether oxygens (including phenoxy) is 3. The summed E-state index contributed by atoms with van der Waals surface area (Å²) in [5, 5.41) is 4.61. The molecule has 0 aliphatic heterocycles. The third-order valence-electron chi connectivity index (χ3n) is 5.56. The molecule has 2 aromatic carbocycles. The van der Waals surface area contributed by atoms with Gasteiger partial charge in [-0.25, -0.2) is 17.1 Å². The van der Waals surface area contributed by atoms with Gasteiger partial charge in [0.25, 0.3) is 10.0 Å². The van der Waals surface area contributed by atoms with Crippen molar-refractivity contribution in [3.05, 3.63) is 64.9 Å². The number of hydrogen-bond acceptors (Lipinski definition) is 7. The van der Waals surface area contributed by atoms with E-state index in [1.807, 2.05) is 18.2 Å². The molecule has 8 nitrogen and oxygen atoms in total. The summed E-state index contributed by atoms with van der Waals surface area (Å²) in [6, 6.07) is 12.4. The molecule has 0 unspecified atom stereocenters. The summed E-state index contributed by atoms with van der Waals surface area (Å²) in [4.78, 5) is 0.0683. The van der Waals surface area contributed by atoms with E-state index in [4.69, 9.17) is 18.7 Å². The van der Waals surface area contributed by atoms with E-state index < -0.39 is 16.7 Å². The Labute approximate surface area is 219 Å². The van der Waals surface area contributed by atoms with Gasteiger partial charge in [0.2, 0.25) is 0 Å². The molecule has 0 atom stereocenters. The van der Waals surface area contributed by atoms with Gasteiger partial charge in [0.05, 0.1) is 31.3 Å². The van der Waals surface area contributed by atoms with Crippen molar-refractivity contribution >= 4 is 31.8 Å². The summed E-state index contributed by atoms with van der Waals surface area (Å²) in [5.74, 6) is 0.661. The Morgan fingerprint density at radius 3 is 2.50 bits per heavy atom. The Bertz CT molecular complexity index is 1250. The predicted molar refractivity (Wildman–Crippen MR) is 138 cm³/mol. The molecule has 3 aromatic rings. The molecule has 0 saturated heterocycles. The summed E-state index contributed by atoms with van der Waals surface area (Å²) >= 11 is 3.45. The molecule has 11 heteroatoms. The lowest BCUT2D eigenvalue weighted by Crippen LogP contribution is -2.35. The van der Waals surface area contributed by atoms with Crippen LogP contribution in [0.15, 0.2) is 51.9 Å². The van der Waals surface area contributed by atoms with Gasteiger partial charge >= 0.3 is 0 Å². The van der Waals surface area contributed by atoms with Gasteiger partial charge < -0.3 is 18.7 Å². The van der Waals surface area contributed by atoms with Crippen LogP contribution in [0.5, 0.6) is 0 Å². The van der Waals surface area contributed by atoms with Crippen LogP contribution in [0.4, 0.5) is 10.2 Å². The van der Waals surface area contributed by atoms with Gasteiger partial charge in [-0.05, 0) is 36.6 Å². The molecule has 0 saturated carbocycles. The van der Waals surface area contributed by atoms with Gasteiger partial charge in [-0.15, -0.1) is 0 Å². The van der Waals surface area contributed by atoms with E-state index in [-0.39, 0.29) is 37.3 Å². The van der Waals surface area contributed by atoms with Crippen molar-refractivity contribution in [2.24, 2.45) is 0 Å². The Kier molecular flexibility index (Phi) is 10.4. The van der Waals surface area contributed by atoms with E-state index in [2.05, 4.69) is 21.1 Å². The average Bonchev–Trinajstić information content (AvgIpc) is 3.21. The molecular weight excluding hydrogens is 555 g/mol. The highest BCUT2D eigenvalue weighted by molar-refractivity contribution is 9.08. The first-order valence-electron chi connectivity index (χ1n) is 11.3. The Morgan fingerprint density at radius 2 is 1.83 bits per heavy atom. The number of anilines is 1. The molecule has 0 amide bonds. The fourth-order valence-corrected chi connectivity index (χ4v) is 5.46. The molecule has 0 fully saturated rings. The molecule has 196 valence electrons. The first-order chi connectivity index (χ1) is 17.3.